The first kappa shape index (κ1) is 19.8. The van der Waals surface area contributed by atoms with Crippen molar-refractivity contribution in [1.29, 1.82) is 0 Å². The second-order valence-electron chi connectivity index (χ2n) is 9.55. The number of carbonyl (C=O) groups is 2. The SMILES string of the molecule is CC1=C2C(Br)(CBr)C[C@@H]3[C@@H](CC[C@]4(C)C(=O)CC[C@@H]34)[C@@]2(C)CC(Br)C1=O. The van der Waals surface area contributed by atoms with E-state index in [0.717, 1.165) is 49.4 Å². The predicted molar refractivity (Wildman–Crippen MR) is 115 cm³/mol. The summed E-state index contributed by atoms with van der Waals surface area (Å²) >= 11 is 11.5. The molecular formula is C21H27Br3O2. The van der Waals surface area contributed by atoms with E-state index in [2.05, 4.69) is 61.6 Å². The fourth-order valence-electron chi connectivity index (χ4n) is 7.27. The van der Waals surface area contributed by atoms with Gasteiger partial charge in [0.1, 0.15) is 5.78 Å². The summed E-state index contributed by atoms with van der Waals surface area (Å²) in [5, 5.41) is 0.809. The Bertz CT molecular complexity index is 716. The van der Waals surface area contributed by atoms with E-state index >= 15 is 0 Å². The Balaban J connectivity index is 1.86. The summed E-state index contributed by atoms with van der Waals surface area (Å²) in [5.74, 6) is 2.34. The van der Waals surface area contributed by atoms with Crippen LogP contribution >= 0.6 is 47.8 Å². The largest absolute Gasteiger partial charge is 0.299 e. The second kappa shape index (κ2) is 6.26. The second-order valence-corrected chi connectivity index (χ2v) is 12.7. The first-order valence-electron chi connectivity index (χ1n) is 9.77. The van der Waals surface area contributed by atoms with Gasteiger partial charge in [0.05, 0.1) is 9.15 Å². The van der Waals surface area contributed by atoms with E-state index in [1.165, 1.54) is 5.57 Å². The molecule has 0 aromatic carbocycles. The van der Waals surface area contributed by atoms with E-state index < -0.39 is 0 Å². The number of hydrogen-bond donors (Lipinski definition) is 0. The zero-order valence-corrected chi connectivity index (χ0v) is 20.5. The number of hydrogen-bond acceptors (Lipinski definition) is 2. The van der Waals surface area contributed by atoms with E-state index in [4.69, 9.17) is 0 Å². The van der Waals surface area contributed by atoms with Crippen LogP contribution in [0.15, 0.2) is 11.1 Å². The minimum atomic E-state index is -0.181. The minimum absolute atomic E-state index is 0.0132. The van der Waals surface area contributed by atoms with Crippen LogP contribution in [-0.2, 0) is 9.59 Å². The Morgan fingerprint density at radius 1 is 1.08 bits per heavy atom. The van der Waals surface area contributed by atoms with Crippen molar-refractivity contribution in [1.82, 2.24) is 0 Å². The Morgan fingerprint density at radius 2 is 1.73 bits per heavy atom. The topological polar surface area (TPSA) is 34.1 Å². The van der Waals surface area contributed by atoms with Gasteiger partial charge < -0.3 is 0 Å². The van der Waals surface area contributed by atoms with Crippen LogP contribution in [0, 0.1) is 28.6 Å². The molecule has 0 aliphatic heterocycles. The molecule has 7 atom stereocenters. The molecule has 0 aromatic rings. The van der Waals surface area contributed by atoms with Gasteiger partial charge in [0, 0.05) is 17.2 Å². The van der Waals surface area contributed by atoms with Crippen molar-refractivity contribution in [2.75, 3.05) is 5.33 Å². The number of rotatable bonds is 1. The molecule has 4 aliphatic carbocycles. The summed E-state index contributed by atoms with van der Waals surface area (Å²) in [4.78, 5) is 25.4. The molecule has 2 unspecified atom stereocenters. The molecule has 0 bridgehead atoms. The fraction of sp³-hybridized carbons (Fsp3) is 0.810. The minimum Gasteiger partial charge on any atom is -0.299 e. The van der Waals surface area contributed by atoms with Gasteiger partial charge in [0.2, 0.25) is 0 Å². The van der Waals surface area contributed by atoms with Gasteiger partial charge in [-0.25, -0.2) is 0 Å². The van der Waals surface area contributed by atoms with Gasteiger partial charge in [-0.2, -0.15) is 0 Å². The average Bonchev–Trinajstić information content (AvgIpc) is 2.88. The van der Waals surface area contributed by atoms with Gasteiger partial charge in [0.15, 0.2) is 5.78 Å². The molecular weight excluding hydrogens is 524 g/mol. The quantitative estimate of drug-likeness (QED) is 0.376. The maximum absolute atomic E-state index is 12.8. The summed E-state index contributed by atoms with van der Waals surface area (Å²) in [6, 6.07) is 0. The van der Waals surface area contributed by atoms with Crippen LogP contribution in [0.25, 0.3) is 0 Å². The maximum Gasteiger partial charge on any atom is 0.172 e. The summed E-state index contributed by atoms with van der Waals surface area (Å²) in [7, 11) is 0. The van der Waals surface area contributed by atoms with Crippen molar-refractivity contribution in [3.63, 3.8) is 0 Å². The molecule has 0 spiro atoms. The van der Waals surface area contributed by atoms with Crippen LogP contribution in [0.2, 0.25) is 0 Å². The van der Waals surface area contributed by atoms with Gasteiger partial charge in [-0.15, -0.1) is 0 Å². The van der Waals surface area contributed by atoms with Crippen LogP contribution in [0.5, 0.6) is 0 Å². The number of alkyl halides is 3. The zero-order chi connectivity index (χ0) is 19.1. The lowest BCUT2D eigenvalue weighted by Gasteiger charge is -2.62. The van der Waals surface area contributed by atoms with E-state index in [-0.39, 0.29) is 25.8 Å². The van der Waals surface area contributed by atoms with Crippen LogP contribution in [0.3, 0.4) is 0 Å². The highest BCUT2D eigenvalue weighted by Crippen LogP contribution is 2.68. The number of halogens is 3. The highest BCUT2D eigenvalue weighted by Gasteiger charge is 2.64. The van der Waals surface area contributed by atoms with Crippen LogP contribution in [-0.4, -0.2) is 26.0 Å². The number of carbonyl (C=O) groups excluding carboxylic acids is 2. The van der Waals surface area contributed by atoms with Crippen LogP contribution < -0.4 is 0 Å². The number of ketones is 2. The van der Waals surface area contributed by atoms with Crippen molar-refractivity contribution >= 4 is 59.4 Å². The first-order chi connectivity index (χ1) is 12.1. The lowest BCUT2D eigenvalue weighted by molar-refractivity contribution is -0.132. The third kappa shape index (κ3) is 2.44. The van der Waals surface area contributed by atoms with Gasteiger partial charge in [-0.1, -0.05) is 61.6 Å². The van der Waals surface area contributed by atoms with E-state index in [1.807, 2.05) is 6.92 Å². The molecule has 3 fully saturated rings. The molecule has 2 nitrogen and oxygen atoms in total. The van der Waals surface area contributed by atoms with Gasteiger partial charge in [-0.3, -0.25) is 9.59 Å². The Kier molecular flexibility index (Phi) is 4.77. The molecule has 0 saturated heterocycles. The molecule has 0 radical (unpaired) electrons. The fourth-order valence-corrected chi connectivity index (χ4v) is 9.92. The van der Waals surface area contributed by atoms with Crippen molar-refractivity contribution < 1.29 is 9.59 Å². The van der Waals surface area contributed by atoms with Crippen molar-refractivity contribution in [2.24, 2.45) is 28.6 Å². The summed E-state index contributed by atoms with van der Waals surface area (Å²) in [6.07, 6.45) is 5.83. The lowest BCUT2D eigenvalue weighted by Crippen LogP contribution is -2.58. The lowest BCUT2D eigenvalue weighted by atomic mass is 9.45. The molecule has 0 N–H and O–H groups in total. The standard InChI is InChI=1S/C21H27Br3O2/c1-11-17(26)15(23)9-20(3)14-6-7-19(2)13(4-5-16(19)25)12(14)8-21(24,10-22)18(11)20/h12-15H,4-10H2,1-3H3/t12-,13-,14+,15?,19-,20+,21?/m0/s1. The molecule has 4 rings (SSSR count). The van der Waals surface area contributed by atoms with E-state index in [0.29, 0.717) is 23.5 Å². The van der Waals surface area contributed by atoms with Gasteiger partial charge >= 0.3 is 0 Å². The van der Waals surface area contributed by atoms with Crippen molar-refractivity contribution in [2.45, 2.75) is 68.4 Å². The average molecular weight is 551 g/mol. The third-order valence-corrected chi connectivity index (χ3v) is 11.8. The van der Waals surface area contributed by atoms with Gasteiger partial charge in [0.25, 0.3) is 0 Å². The van der Waals surface area contributed by atoms with Crippen molar-refractivity contribution in [3.05, 3.63) is 11.1 Å². The molecule has 4 aliphatic rings. The predicted octanol–water partition coefficient (Wildman–Crippen LogP) is 5.99. The molecule has 0 aromatic heterocycles. The Labute approximate surface area is 181 Å². The number of Topliss-reactive ketones (excluding diaryl/α,β-unsaturated/α-hetero) is 2. The normalized spacial score (nSPS) is 51.2. The summed E-state index contributed by atoms with van der Waals surface area (Å²) in [6.45, 7) is 6.64. The molecule has 0 heterocycles. The maximum atomic E-state index is 12.8. The van der Waals surface area contributed by atoms with Crippen LogP contribution in [0.4, 0.5) is 0 Å². The zero-order valence-electron chi connectivity index (χ0n) is 15.7. The monoisotopic (exact) mass is 548 g/mol. The molecule has 0 amide bonds. The summed E-state index contributed by atoms with van der Waals surface area (Å²) in [5.41, 5.74) is 2.18. The molecule has 26 heavy (non-hydrogen) atoms. The highest BCUT2D eigenvalue weighted by atomic mass is 79.9. The Hall–Kier alpha value is 0.520. The third-order valence-electron chi connectivity index (χ3n) is 8.39. The first-order valence-corrected chi connectivity index (χ1v) is 12.6. The van der Waals surface area contributed by atoms with Crippen LogP contribution in [0.1, 0.15) is 59.3 Å². The summed E-state index contributed by atoms with van der Waals surface area (Å²) < 4.78 is -0.181. The molecule has 5 heteroatoms. The Morgan fingerprint density at radius 3 is 2.38 bits per heavy atom. The van der Waals surface area contributed by atoms with E-state index in [1.54, 1.807) is 0 Å². The molecule has 144 valence electrons. The van der Waals surface area contributed by atoms with Gasteiger partial charge in [-0.05, 0) is 73.3 Å². The number of allylic oxidation sites excluding steroid dienone is 1. The number of fused-ring (bicyclic) bond motifs is 5. The van der Waals surface area contributed by atoms with E-state index in [9.17, 15) is 9.59 Å². The highest BCUT2D eigenvalue weighted by molar-refractivity contribution is 9.12. The molecule has 3 saturated carbocycles. The smallest absolute Gasteiger partial charge is 0.172 e. The van der Waals surface area contributed by atoms with Crippen molar-refractivity contribution in [3.8, 4) is 0 Å².